The smallest absolute Gasteiger partial charge is 0.180 e. The molecule has 0 spiro atoms. The first-order valence-corrected chi connectivity index (χ1v) is 7.47. The van der Waals surface area contributed by atoms with E-state index >= 15 is 0 Å². The van der Waals surface area contributed by atoms with Gasteiger partial charge in [-0.05, 0) is 12.1 Å². The highest BCUT2D eigenvalue weighted by Gasteiger charge is 2.06. The summed E-state index contributed by atoms with van der Waals surface area (Å²) < 4.78 is 5.19. The van der Waals surface area contributed by atoms with Crippen LogP contribution in [0, 0.1) is 0 Å². The minimum atomic E-state index is 0.602. The maximum absolute atomic E-state index is 5.60. The van der Waals surface area contributed by atoms with Crippen LogP contribution in [-0.2, 0) is 5.75 Å². The van der Waals surface area contributed by atoms with Gasteiger partial charge >= 0.3 is 0 Å². The SMILES string of the molecule is COc1ccc2nc(SCc3csc(N)n3)[nH]c2c1. The van der Waals surface area contributed by atoms with Gasteiger partial charge in [0, 0.05) is 17.2 Å². The topological polar surface area (TPSA) is 76.8 Å². The number of H-pyrrole nitrogens is 1. The summed E-state index contributed by atoms with van der Waals surface area (Å²) in [5.74, 6) is 1.57. The number of thiazole rings is 1. The molecule has 0 radical (unpaired) electrons. The number of methoxy groups -OCH3 is 1. The van der Waals surface area contributed by atoms with Gasteiger partial charge in [0.2, 0.25) is 0 Å². The number of nitrogen functional groups attached to an aromatic ring is 1. The Morgan fingerprint density at radius 3 is 3.05 bits per heavy atom. The van der Waals surface area contributed by atoms with Crippen LogP contribution < -0.4 is 10.5 Å². The van der Waals surface area contributed by atoms with Crippen LogP contribution in [0.25, 0.3) is 11.0 Å². The summed E-state index contributed by atoms with van der Waals surface area (Å²) >= 11 is 3.06. The molecule has 2 heterocycles. The second-order valence-electron chi connectivity index (χ2n) is 3.89. The minimum absolute atomic E-state index is 0.602. The van der Waals surface area contributed by atoms with E-state index in [-0.39, 0.29) is 0 Å². The first-order valence-electron chi connectivity index (χ1n) is 5.61. The number of aromatic nitrogens is 3. The molecule has 0 aliphatic carbocycles. The molecule has 0 fully saturated rings. The molecule has 0 bridgehead atoms. The molecule has 0 aliphatic rings. The molecule has 3 rings (SSSR count). The average Bonchev–Trinajstić information content (AvgIpc) is 3.01. The van der Waals surface area contributed by atoms with Crippen LogP contribution in [-0.4, -0.2) is 22.1 Å². The molecule has 0 atom stereocenters. The number of imidazole rings is 1. The molecule has 1 aromatic carbocycles. The molecule has 0 aliphatic heterocycles. The lowest BCUT2D eigenvalue weighted by Gasteiger charge is -1.96. The van der Waals surface area contributed by atoms with Gasteiger partial charge in [-0.15, -0.1) is 11.3 Å². The Hall–Kier alpha value is -1.73. The van der Waals surface area contributed by atoms with E-state index in [0.717, 1.165) is 33.4 Å². The molecular weight excluding hydrogens is 280 g/mol. The molecule has 7 heteroatoms. The summed E-state index contributed by atoms with van der Waals surface area (Å²) in [7, 11) is 1.65. The van der Waals surface area contributed by atoms with Gasteiger partial charge in [-0.2, -0.15) is 0 Å². The Kier molecular flexibility index (Phi) is 3.31. The number of nitrogens with one attached hydrogen (secondary N) is 1. The Morgan fingerprint density at radius 2 is 2.32 bits per heavy atom. The molecule has 2 aromatic heterocycles. The zero-order valence-corrected chi connectivity index (χ0v) is 11.8. The summed E-state index contributed by atoms with van der Waals surface area (Å²) in [5.41, 5.74) is 8.48. The van der Waals surface area contributed by atoms with Gasteiger partial charge in [0.1, 0.15) is 5.75 Å². The van der Waals surface area contributed by atoms with E-state index in [9.17, 15) is 0 Å². The van der Waals surface area contributed by atoms with E-state index in [0.29, 0.717) is 5.13 Å². The van der Waals surface area contributed by atoms with Gasteiger partial charge in [0.15, 0.2) is 10.3 Å². The maximum Gasteiger partial charge on any atom is 0.180 e. The van der Waals surface area contributed by atoms with Crippen LogP contribution in [0.5, 0.6) is 5.75 Å². The maximum atomic E-state index is 5.60. The third-order valence-electron chi connectivity index (χ3n) is 2.59. The molecule has 3 aromatic rings. The van der Waals surface area contributed by atoms with Gasteiger partial charge in [-0.3, -0.25) is 0 Å². The van der Waals surface area contributed by atoms with Gasteiger partial charge in [0.25, 0.3) is 0 Å². The number of rotatable bonds is 4. The number of aromatic amines is 1. The van der Waals surface area contributed by atoms with Crippen molar-refractivity contribution >= 4 is 39.3 Å². The first kappa shape index (κ1) is 12.3. The number of hydrogen-bond donors (Lipinski definition) is 2. The summed E-state index contributed by atoms with van der Waals surface area (Å²) in [6.45, 7) is 0. The average molecular weight is 292 g/mol. The normalized spacial score (nSPS) is 11.0. The summed E-state index contributed by atoms with van der Waals surface area (Å²) in [6.07, 6.45) is 0. The second-order valence-corrected chi connectivity index (χ2v) is 5.74. The van der Waals surface area contributed by atoms with Crippen LogP contribution in [0.15, 0.2) is 28.7 Å². The summed E-state index contributed by atoms with van der Waals surface area (Å²) in [4.78, 5) is 12.0. The van der Waals surface area contributed by atoms with Crippen molar-refractivity contribution in [1.82, 2.24) is 15.0 Å². The molecule has 0 saturated carbocycles. The second kappa shape index (κ2) is 5.10. The van der Waals surface area contributed by atoms with Crippen LogP contribution in [0.4, 0.5) is 5.13 Å². The van der Waals surface area contributed by atoms with Gasteiger partial charge in [-0.1, -0.05) is 11.8 Å². The molecule has 98 valence electrons. The zero-order valence-electron chi connectivity index (χ0n) is 10.2. The number of nitrogens with zero attached hydrogens (tertiary/aromatic N) is 2. The molecular formula is C12H12N4OS2. The molecule has 0 amide bonds. The van der Waals surface area contributed by atoms with E-state index in [1.165, 1.54) is 11.3 Å². The summed E-state index contributed by atoms with van der Waals surface area (Å²) in [5, 5.41) is 3.44. The Labute approximate surface area is 118 Å². The van der Waals surface area contributed by atoms with Gasteiger partial charge in [0.05, 0.1) is 23.8 Å². The minimum Gasteiger partial charge on any atom is -0.497 e. The molecule has 3 N–H and O–H groups in total. The monoisotopic (exact) mass is 292 g/mol. The fourth-order valence-corrected chi connectivity index (χ4v) is 3.14. The van der Waals surface area contributed by atoms with Crippen molar-refractivity contribution < 1.29 is 4.74 Å². The van der Waals surface area contributed by atoms with Crippen molar-refractivity contribution in [2.75, 3.05) is 12.8 Å². The van der Waals surface area contributed by atoms with E-state index < -0.39 is 0 Å². The zero-order chi connectivity index (χ0) is 13.2. The van der Waals surface area contributed by atoms with Crippen LogP contribution >= 0.6 is 23.1 Å². The van der Waals surface area contributed by atoms with E-state index in [2.05, 4.69) is 15.0 Å². The number of benzene rings is 1. The highest BCUT2D eigenvalue weighted by atomic mass is 32.2. The molecule has 19 heavy (non-hydrogen) atoms. The van der Waals surface area contributed by atoms with Crippen molar-refractivity contribution in [3.05, 3.63) is 29.3 Å². The van der Waals surface area contributed by atoms with E-state index in [1.807, 2.05) is 23.6 Å². The number of nitrogens with two attached hydrogens (primary N) is 1. The van der Waals surface area contributed by atoms with Crippen molar-refractivity contribution in [3.8, 4) is 5.75 Å². The number of anilines is 1. The fourth-order valence-electron chi connectivity index (χ4n) is 1.69. The van der Waals surface area contributed by atoms with Crippen LogP contribution in [0.2, 0.25) is 0 Å². The number of thioether (sulfide) groups is 1. The third kappa shape index (κ3) is 2.66. The molecule has 0 saturated heterocycles. The highest BCUT2D eigenvalue weighted by molar-refractivity contribution is 7.98. The molecule has 0 unspecified atom stereocenters. The highest BCUT2D eigenvalue weighted by Crippen LogP contribution is 2.26. The van der Waals surface area contributed by atoms with Crippen LogP contribution in [0.3, 0.4) is 0 Å². The Balaban J connectivity index is 1.77. The van der Waals surface area contributed by atoms with Gasteiger partial charge < -0.3 is 15.5 Å². The van der Waals surface area contributed by atoms with E-state index in [1.54, 1.807) is 18.9 Å². The quantitative estimate of drug-likeness (QED) is 0.723. The standard InChI is InChI=1S/C12H12N4OS2/c1-17-8-2-3-9-10(4-8)16-12(15-9)19-6-7-5-18-11(13)14-7/h2-5H,6H2,1H3,(H2,13,14)(H,15,16). The lowest BCUT2D eigenvalue weighted by molar-refractivity contribution is 0.415. The predicted octanol–water partition coefficient (Wildman–Crippen LogP) is 2.90. The Bertz CT molecular complexity index is 707. The lowest BCUT2D eigenvalue weighted by atomic mass is 10.3. The van der Waals surface area contributed by atoms with E-state index in [4.69, 9.17) is 10.5 Å². The largest absolute Gasteiger partial charge is 0.497 e. The van der Waals surface area contributed by atoms with Crippen molar-refractivity contribution in [3.63, 3.8) is 0 Å². The van der Waals surface area contributed by atoms with Crippen molar-refractivity contribution in [2.24, 2.45) is 0 Å². The number of hydrogen-bond acceptors (Lipinski definition) is 6. The van der Waals surface area contributed by atoms with Crippen LogP contribution in [0.1, 0.15) is 5.69 Å². The molecule has 5 nitrogen and oxygen atoms in total. The first-order chi connectivity index (χ1) is 9.24. The van der Waals surface area contributed by atoms with Crippen molar-refractivity contribution in [1.29, 1.82) is 0 Å². The van der Waals surface area contributed by atoms with Gasteiger partial charge in [-0.25, -0.2) is 9.97 Å². The Morgan fingerprint density at radius 1 is 1.42 bits per heavy atom. The summed E-state index contributed by atoms with van der Waals surface area (Å²) in [6, 6.07) is 5.78. The lowest BCUT2D eigenvalue weighted by Crippen LogP contribution is -1.85. The number of fused-ring (bicyclic) bond motifs is 1. The fraction of sp³-hybridized carbons (Fsp3) is 0.167. The third-order valence-corrected chi connectivity index (χ3v) is 4.22. The van der Waals surface area contributed by atoms with Crippen molar-refractivity contribution in [2.45, 2.75) is 10.9 Å². The number of ether oxygens (including phenoxy) is 1. The predicted molar refractivity (Wildman–Crippen MR) is 78.7 cm³/mol.